The first kappa shape index (κ1) is 23.3. The molecule has 2 fully saturated rings. The number of carboxylic acid groups (broad SMARTS) is 1. The van der Waals surface area contributed by atoms with Gasteiger partial charge in [-0.15, -0.1) is 11.8 Å². The van der Waals surface area contributed by atoms with Gasteiger partial charge in [0.05, 0.1) is 0 Å². The van der Waals surface area contributed by atoms with Crippen molar-refractivity contribution in [1.82, 2.24) is 25.5 Å². The Hall–Kier alpha value is -3.87. The summed E-state index contributed by atoms with van der Waals surface area (Å²) in [6.07, 6.45) is 0.938. The van der Waals surface area contributed by atoms with E-state index in [1.165, 1.54) is 16.7 Å². The molecule has 0 bridgehead atoms. The van der Waals surface area contributed by atoms with E-state index in [1.54, 1.807) is 44.2 Å². The van der Waals surface area contributed by atoms with Crippen LogP contribution in [-0.2, 0) is 14.4 Å². The second-order valence-electron chi connectivity index (χ2n) is 8.39. The van der Waals surface area contributed by atoms with Crippen molar-refractivity contribution in [3.05, 3.63) is 68.5 Å². The Bertz CT molecular complexity index is 1290. The number of carbonyl (C=O) groups excluding carboxylic acids is 3. The largest absolute Gasteiger partial charge is 0.480 e. The first-order valence-corrected chi connectivity index (χ1v) is 11.1. The van der Waals surface area contributed by atoms with Gasteiger partial charge in [0.25, 0.3) is 11.5 Å². The van der Waals surface area contributed by atoms with Crippen LogP contribution < -0.4 is 21.9 Å². The fourth-order valence-corrected chi connectivity index (χ4v) is 5.74. The maximum Gasteiger partial charge on any atom is 0.327 e. The van der Waals surface area contributed by atoms with Crippen LogP contribution in [0.2, 0.25) is 0 Å². The second kappa shape index (κ2) is 8.48. The van der Waals surface area contributed by atoms with E-state index in [4.69, 9.17) is 0 Å². The fraction of sp³-hybridized carbons (Fsp3) is 0.333. The van der Waals surface area contributed by atoms with Gasteiger partial charge in [-0.25, -0.2) is 9.59 Å². The van der Waals surface area contributed by atoms with E-state index >= 15 is 0 Å². The molecular weight excluding hydrogens is 466 g/mol. The number of carbonyl (C=O) groups is 4. The second-order valence-corrected chi connectivity index (χ2v) is 10.2. The molecule has 34 heavy (non-hydrogen) atoms. The van der Waals surface area contributed by atoms with Crippen molar-refractivity contribution in [3.8, 4) is 0 Å². The molecule has 3 amide bonds. The Kier molecular flexibility index (Phi) is 5.81. The summed E-state index contributed by atoms with van der Waals surface area (Å²) in [5.74, 6) is -3.28. The van der Waals surface area contributed by atoms with Crippen molar-refractivity contribution >= 4 is 35.5 Å². The van der Waals surface area contributed by atoms with Gasteiger partial charge in [-0.1, -0.05) is 30.3 Å². The molecule has 4 rings (SSSR count). The van der Waals surface area contributed by atoms with Crippen LogP contribution >= 0.6 is 11.8 Å². The lowest BCUT2D eigenvalue weighted by molar-refractivity contribution is -0.161. The average molecular weight is 487 g/mol. The molecule has 2 aromatic rings. The Balaban J connectivity index is 1.56. The number of nitrogens with one attached hydrogen (secondary N) is 4. The highest BCUT2D eigenvalue weighted by molar-refractivity contribution is 8.01. The predicted molar refractivity (Wildman–Crippen MR) is 120 cm³/mol. The smallest absolute Gasteiger partial charge is 0.327 e. The van der Waals surface area contributed by atoms with Crippen molar-refractivity contribution in [2.75, 3.05) is 0 Å². The number of aliphatic carboxylic acids is 1. The molecule has 4 atom stereocenters. The summed E-state index contributed by atoms with van der Waals surface area (Å²) >= 11 is 1.27. The summed E-state index contributed by atoms with van der Waals surface area (Å²) in [7, 11) is 0. The van der Waals surface area contributed by atoms with Crippen LogP contribution in [0.3, 0.4) is 0 Å². The van der Waals surface area contributed by atoms with E-state index in [0.717, 1.165) is 6.20 Å². The third-order valence-corrected chi connectivity index (χ3v) is 7.28. The third-order valence-electron chi connectivity index (χ3n) is 5.71. The number of hydrogen-bond donors (Lipinski definition) is 5. The predicted octanol–water partition coefficient (Wildman–Crippen LogP) is -0.834. The highest BCUT2D eigenvalue weighted by Gasteiger charge is 2.64. The summed E-state index contributed by atoms with van der Waals surface area (Å²) in [6, 6.07) is 4.92. The SMILES string of the molecule is CC1(C)S[C@@H]2[C@H](NC(=O)C(NC(=O)c3c[nH]c(=O)[nH]c3=O)c3ccccc3)C(=O)N2[C@H]1C(=O)O. The molecule has 13 heteroatoms. The van der Waals surface area contributed by atoms with Crippen LogP contribution in [-0.4, -0.2) is 65.9 Å². The average Bonchev–Trinajstić information content (AvgIpc) is 3.04. The van der Waals surface area contributed by atoms with Gasteiger partial charge in [-0.2, -0.15) is 0 Å². The van der Waals surface area contributed by atoms with E-state index in [9.17, 15) is 33.9 Å². The summed E-state index contributed by atoms with van der Waals surface area (Å²) in [5.41, 5.74) is -1.73. The molecule has 2 aliphatic rings. The van der Waals surface area contributed by atoms with Gasteiger partial charge >= 0.3 is 11.7 Å². The van der Waals surface area contributed by atoms with Gasteiger partial charge in [0.1, 0.15) is 29.1 Å². The van der Waals surface area contributed by atoms with Gasteiger partial charge in [0.2, 0.25) is 11.8 Å². The number of fused-ring (bicyclic) bond motifs is 1. The Morgan fingerprint density at radius 3 is 2.44 bits per heavy atom. The maximum atomic E-state index is 13.2. The van der Waals surface area contributed by atoms with Crippen molar-refractivity contribution in [2.24, 2.45) is 0 Å². The number of benzene rings is 1. The van der Waals surface area contributed by atoms with Gasteiger partial charge in [0, 0.05) is 10.9 Å². The molecule has 2 aliphatic heterocycles. The Morgan fingerprint density at radius 1 is 1.15 bits per heavy atom. The number of H-pyrrole nitrogens is 2. The van der Waals surface area contributed by atoms with E-state index in [2.05, 4.69) is 15.6 Å². The van der Waals surface area contributed by atoms with Crippen molar-refractivity contribution < 1.29 is 24.3 Å². The maximum absolute atomic E-state index is 13.2. The molecule has 0 spiro atoms. The van der Waals surface area contributed by atoms with Crippen molar-refractivity contribution in [3.63, 3.8) is 0 Å². The van der Waals surface area contributed by atoms with E-state index in [1.807, 2.05) is 4.98 Å². The minimum atomic E-state index is -1.27. The van der Waals surface area contributed by atoms with Gasteiger partial charge < -0.3 is 25.6 Å². The first-order valence-electron chi connectivity index (χ1n) is 10.2. The van der Waals surface area contributed by atoms with Gasteiger partial charge in [-0.3, -0.25) is 24.2 Å². The fourth-order valence-electron chi connectivity index (χ4n) is 4.12. The summed E-state index contributed by atoms with van der Waals surface area (Å²) in [6.45, 7) is 3.44. The topological polar surface area (TPSA) is 182 Å². The number of thioether (sulfide) groups is 1. The van der Waals surface area contributed by atoms with Crippen molar-refractivity contribution in [1.29, 1.82) is 0 Å². The monoisotopic (exact) mass is 487 g/mol. The van der Waals surface area contributed by atoms with Crippen LogP contribution in [0.25, 0.3) is 0 Å². The summed E-state index contributed by atoms with van der Waals surface area (Å²) in [4.78, 5) is 78.9. The molecule has 178 valence electrons. The molecule has 1 unspecified atom stereocenters. The van der Waals surface area contributed by atoms with E-state index in [-0.39, 0.29) is 0 Å². The molecule has 3 heterocycles. The molecule has 5 N–H and O–H groups in total. The summed E-state index contributed by atoms with van der Waals surface area (Å²) in [5, 5.41) is 14.1. The van der Waals surface area contributed by atoms with Crippen LogP contribution in [0.15, 0.2) is 46.1 Å². The molecule has 0 radical (unpaired) electrons. The molecule has 2 saturated heterocycles. The van der Waals surface area contributed by atoms with Gasteiger partial charge in [0.15, 0.2) is 0 Å². The zero-order chi connectivity index (χ0) is 24.8. The number of rotatable bonds is 6. The first-order chi connectivity index (χ1) is 16.0. The Labute approximate surface area is 196 Å². The molecule has 0 aliphatic carbocycles. The van der Waals surface area contributed by atoms with Crippen molar-refractivity contribution in [2.45, 2.75) is 42.1 Å². The highest BCUT2D eigenvalue weighted by atomic mass is 32.2. The minimum absolute atomic E-state index is 0.389. The number of hydrogen-bond acceptors (Lipinski definition) is 7. The number of carboxylic acids is 1. The van der Waals surface area contributed by atoms with Crippen LogP contribution in [0, 0.1) is 0 Å². The standard InChI is InChI=1S/C21H21N5O7S/c1-21(2)13(19(31)32)26-17(30)12(18(26)34-21)24-16(29)11(9-6-4-3-5-7-9)23-14(27)10-8-22-20(33)25-15(10)28/h3-8,11-13,18H,1-2H3,(H,23,27)(H,24,29)(H,31,32)(H2,22,25,28,33)/t11?,12-,13+,18-/m1/s1. The number of aromatic nitrogens is 2. The summed E-state index contributed by atoms with van der Waals surface area (Å²) < 4.78 is -0.760. The zero-order valence-corrected chi connectivity index (χ0v) is 18.8. The minimum Gasteiger partial charge on any atom is -0.480 e. The quantitative estimate of drug-likeness (QED) is 0.327. The van der Waals surface area contributed by atoms with E-state index in [0.29, 0.717) is 5.56 Å². The molecule has 1 aromatic carbocycles. The molecular formula is C21H21N5O7S. The Morgan fingerprint density at radius 2 is 1.82 bits per heavy atom. The molecule has 12 nitrogen and oxygen atoms in total. The highest BCUT2D eigenvalue weighted by Crippen LogP contribution is 2.50. The number of aromatic amines is 2. The third kappa shape index (κ3) is 3.98. The van der Waals surface area contributed by atoms with E-state index < -0.39 is 68.7 Å². The molecule has 0 saturated carbocycles. The normalized spacial score (nSPS) is 23.4. The number of β-lactam (4-membered cyclic amide) rings is 1. The number of amides is 3. The van der Waals surface area contributed by atoms with Crippen LogP contribution in [0.4, 0.5) is 0 Å². The number of nitrogens with zero attached hydrogens (tertiary/aromatic N) is 1. The lowest BCUT2D eigenvalue weighted by atomic mass is 9.95. The zero-order valence-electron chi connectivity index (χ0n) is 18.0. The lowest BCUT2D eigenvalue weighted by Crippen LogP contribution is -2.71. The van der Waals surface area contributed by atoms with Gasteiger partial charge in [-0.05, 0) is 19.4 Å². The lowest BCUT2D eigenvalue weighted by Gasteiger charge is -2.44. The van der Waals surface area contributed by atoms with Crippen LogP contribution in [0.5, 0.6) is 0 Å². The van der Waals surface area contributed by atoms with Crippen LogP contribution in [0.1, 0.15) is 35.8 Å². The molecule has 1 aromatic heterocycles.